The minimum absolute atomic E-state index is 0.845. The first-order chi connectivity index (χ1) is 35.2. The second kappa shape index (κ2) is 64.7. The van der Waals surface area contributed by atoms with Crippen molar-refractivity contribution in [2.45, 2.75) is 426 Å². The lowest BCUT2D eigenvalue weighted by Gasteiger charge is -2.28. The van der Waals surface area contributed by atoms with Gasteiger partial charge in [0.15, 0.2) is 0 Å². The van der Waals surface area contributed by atoms with Crippen LogP contribution in [0.3, 0.4) is 0 Å². The summed E-state index contributed by atoms with van der Waals surface area (Å²) in [6.07, 6.45) is 99.3. The minimum atomic E-state index is -0.845. The van der Waals surface area contributed by atoms with Gasteiger partial charge in [0.25, 0.3) is 0 Å². The summed E-state index contributed by atoms with van der Waals surface area (Å²) < 4.78 is 0. The lowest BCUT2D eigenvalue weighted by atomic mass is 10.0. The van der Waals surface area contributed by atoms with Crippen molar-refractivity contribution in [3.05, 3.63) is 0 Å². The maximum atomic E-state index is 2.34. The standard InChI is InChI=1S/C70H144P/c1-5-9-13-17-21-25-29-33-37-38-42-46-50-54-58-62-66-70-71(67-63-59-55-51-47-43-39-34-30-26-22-18-14-10-6-2,68-64-60-56-52-48-44-40-35-31-27-23-19-15-11-7-3)69-65-61-57-53-49-45-41-36-32-28-24-20-16-12-8-4/h5-70H2,1-4H3/q+1. The summed E-state index contributed by atoms with van der Waals surface area (Å²) in [7, 11) is -0.845. The Balaban J connectivity index is 4.95. The van der Waals surface area contributed by atoms with Gasteiger partial charge in [-0.15, -0.1) is 0 Å². The molecule has 0 amide bonds. The van der Waals surface area contributed by atoms with Gasteiger partial charge in [-0.25, -0.2) is 0 Å². The first-order valence-electron chi connectivity index (χ1n) is 35.1. The predicted octanol–water partition coefficient (Wildman–Crippen LogP) is 27.3. The second-order valence-electron chi connectivity index (χ2n) is 24.7. The summed E-state index contributed by atoms with van der Waals surface area (Å²) in [4.78, 5) is 0. The fraction of sp³-hybridized carbons (Fsp3) is 1.00. The molecule has 71 heavy (non-hydrogen) atoms. The molecule has 0 N–H and O–H groups in total. The van der Waals surface area contributed by atoms with Crippen molar-refractivity contribution in [1.29, 1.82) is 0 Å². The maximum absolute atomic E-state index is 2.34. The Kier molecular flexibility index (Phi) is 65.1. The molecule has 0 aliphatic rings. The fourth-order valence-electron chi connectivity index (χ4n) is 12.3. The van der Waals surface area contributed by atoms with E-state index in [4.69, 9.17) is 0 Å². The van der Waals surface area contributed by atoms with E-state index in [2.05, 4.69) is 27.7 Å². The van der Waals surface area contributed by atoms with Crippen molar-refractivity contribution in [1.82, 2.24) is 0 Å². The van der Waals surface area contributed by atoms with Crippen molar-refractivity contribution in [3.8, 4) is 0 Å². The Labute approximate surface area is 455 Å². The molecule has 0 rings (SSSR count). The van der Waals surface area contributed by atoms with Crippen LogP contribution < -0.4 is 0 Å². The van der Waals surface area contributed by atoms with Gasteiger partial charge >= 0.3 is 0 Å². The van der Waals surface area contributed by atoms with E-state index in [0.717, 1.165) is 0 Å². The molecule has 0 spiro atoms. The molecule has 428 valence electrons. The normalized spacial score (nSPS) is 12.0. The highest BCUT2D eigenvalue weighted by molar-refractivity contribution is 7.75. The SMILES string of the molecule is CCCCCCCCCCCCCCCCCCC[P+](CCCCCCCCCCCCCCCCC)(CCCCCCCCCCCCCCCCC)CCCCCCCCCCCCCCCCC. The van der Waals surface area contributed by atoms with Crippen molar-refractivity contribution in [3.63, 3.8) is 0 Å². The minimum Gasteiger partial charge on any atom is -0.0654 e. The molecule has 0 unspecified atom stereocenters. The Morgan fingerprint density at radius 1 is 0.113 bits per heavy atom. The average Bonchev–Trinajstić information content (AvgIpc) is 3.38. The van der Waals surface area contributed by atoms with Gasteiger partial charge in [0.05, 0.1) is 24.6 Å². The lowest BCUT2D eigenvalue weighted by Crippen LogP contribution is -2.13. The van der Waals surface area contributed by atoms with Crippen molar-refractivity contribution in [2.75, 3.05) is 24.6 Å². The van der Waals surface area contributed by atoms with Crippen molar-refractivity contribution in [2.24, 2.45) is 0 Å². The number of hydrogen-bond donors (Lipinski definition) is 0. The van der Waals surface area contributed by atoms with Crippen LogP contribution in [-0.4, -0.2) is 24.6 Å². The van der Waals surface area contributed by atoms with Crippen molar-refractivity contribution >= 4 is 7.26 Å². The average molecular weight is 1020 g/mol. The molecule has 0 saturated heterocycles. The van der Waals surface area contributed by atoms with Gasteiger partial charge in [-0.05, 0) is 51.4 Å². The lowest BCUT2D eigenvalue weighted by molar-refractivity contribution is 0.528. The number of unbranched alkanes of at least 4 members (excludes halogenated alkanes) is 58. The highest BCUT2D eigenvalue weighted by Crippen LogP contribution is 2.61. The van der Waals surface area contributed by atoms with Crippen LogP contribution in [-0.2, 0) is 0 Å². The third kappa shape index (κ3) is 59.5. The fourth-order valence-corrected chi connectivity index (χ4v) is 17.2. The van der Waals surface area contributed by atoms with Gasteiger partial charge in [0.1, 0.15) is 0 Å². The van der Waals surface area contributed by atoms with Crippen LogP contribution in [0.5, 0.6) is 0 Å². The van der Waals surface area contributed by atoms with Crippen molar-refractivity contribution < 1.29 is 0 Å². The first-order valence-corrected chi connectivity index (χ1v) is 37.6. The topological polar surface area (TPSA) is 0 Å². The molecule has 0 aromatic heterocycles. The van der Waals surface area contributed by atoms with Crippen LogP contribution in [0.2, 0.25) is 0 Å². The highest BCUT2D eigenvalue weighted by Gasteiger charge is 2.35. The molecule has 0 aliphatic carbocycles. The molecule has 0 bridgehead atoms. The molecule has 0 radical (unpaired) electrons. The maximum Gasteiger partial charge on any atom is 0.0594 e. The van der Waals surface area contributed by atoms with E-state index < -0.39 is 7.26 Å². The molecule has 0 saturated carbocycles. The summed E-state index contributed by atoms with van der Waals surface area (Å²) in [5.74, 6) is 0. The summed E-state index contributed by atoms with van der Waals surface area (Å²) in [6, 6.07) is 0. The van der Waals surface area contributed by atoms with Crippen LogP contribution in [0, 0.1) is 0 Å². The van der Waals surface area contributed by atoms with Crippen LogP contribution in [0.1, 0.15) is 426 Å². The zero-order chi connectivity index (χ0) is 51.2. The third-order valence-electron chi connectivity index (χ3n) is 17.4. The summed E-state index contributed by atoms with van der Waals surface area (Å²) in [5, 5.41) is 0. The van der Waals surface area contributed by atoms with E-state index >= 15 is 0 Å². The monoisotopic (exact) mass is 1020 g/mol. The molecule has 0 fully saturated rings. The molecular weight excluding hydrogens is 872 g/mol. The third-order valence-corrected chi connectivity index (χ3v) is 22.5. The Hall–Kier alpha value is 0.430. The Morgan fingerprint density at radius 3 is 0.296 bits per heavy atom. The molecule has 0 atom stereocenters. The van der Waals surface area contributed by atoms with Gasteiger partial charge in [-0.1, -0.05) is 374 Å². The molecule has 0 aromatic carbocycles. The van der Waals surface area contributed by atoms with Crippen LogP contribution in [0.4, 0.5) is 0 Å². The second-order valence-corrected chi connectivity index (χ2v) is 29.2. The molecule has 0 aromatic rings. The Bertz CT molecular complexity index is 810. The molecule has 0 aliphatic heterocycles. The first kappa shape index (κ1) is 71.4. The van der Waals surface area contributed by atoms with Gasteiger partial charge < -0.3 is 0 Å². The van der Waals surface area contributed by atoms with E-state index in [-0.39, 0.29) is 0 Å². The van der Waals surface area contributed by atoms with Gasteiger partial charge in [-0.3, -0.25) is 0 Å². The predicted molar refractivity (Wildman–Crippen MR) is 335 cm³/mol. The zero-order valence-corrected chi connectivity index (χ0v) is 52.0. The zero-order valence-electron chi connectivity index (χ0n) is 51.1. The summed E-state index contributed by atoms with van der Waals surface area (Å²) >= 11 is 0. The largest absolute Gasteiger partial charge is 0.0654 e. The smallest absolute Gasteiger partial charge is 0.0594 e. The van der Waals surface area contributed by atoms with Crippen LogP contribution >= 0.6 is 7.26 Å². The molecule has 0 nitrogen and oxygen atoms in total. The summed E-state index contributed by atoms with van der Waals surface area (Å²) in [5.41, 5.74) is 0. The molecule has 1 heteroatoms. The van der Waals surface area contributed by atoms with Gasteiger partial charge in [0, 0.05) is 7.26 Å². The summed E-state index contributed by atoms with van der Waals surface area (Å²) in [6.45, 7) is 9.34. The van der Waals surface area contributed by atoms with E-state index in [1.165, 1.54) is 372 Å². The van der Waals surface area contributed by atoms with E-state index in [0.29, 0.717) is 0 Å². The van der Waals surface area contributed by atoms with Gasteiger partial charge in [0.2, 0.25) is 0 Å². The van der Waals surface area contributed by atoms with Crippen LogP contribution in [0.25, 0.3) is 0 Å². The molecular formula is C70H144P+. The quantitative estimate of drug-likeness (QED) is 0.0421. The Morgan fingerprint density at radius 2 is 0.197 bits per heavy atom. The highest BCUT2D eigenvalue weighted by atomic mass is 31.2. The van der Waals surface area contributed by atoms with E-state index in [1.807, 2.05) is 0 Å². The van der Waals surface area contributed by atoms with E-state index in [1.54, 1.807) is 50.3 Å². The van der Waals surface area contributed by atoms with E-state index in [9.17, 15) is 0 Å². The number of hydrogen-bond acceptors (Lipinski definition) is 0. The molecule has 0 heterocycles. The van der Waals surface area contributed by atoms with Gasteiger partial charge in [-0.2, -0.15) is 0 Å². The number of rotatable bonds is 66. The van der Waals surface area contributed by atoms with Crippen LogP contribution in [0.15, 0.2) is 0 Å².